The molecule has 0 radical (unpaired) electrons. The maximum absolute atomic E-state index is 13.6. The molecule has 2 fully saturated rings. The first kappa shape index (κ1) is 25.9. The van der Waals surface area contributed by atoms with Crippen molar-refractivity contribution in [2.75, 3.05) is 43.1 Å². The van der Waals surface area contributed by atoms with Gasteiger partial charge in [0.1, 0.15) is 5.82 Å². The minimum atomic E-state index is -4.59. The SMILES string of the molecule is C[C@@H]1CCCN(c2cc(C(F)(F)F)nc(NC(=S)NCC3(c4cccc(Cl)c4)CCOCC3)n2)C1. The van der Waals surface area contributed by atoms with Crippen LogP contribution in [0.5, 0.6) is 0 Å². The maximum atomic E-state index is 13.6. The number of alkyl halides is 3. The normalized spacial score (nSPS) is 20.4. The van der Waals surface area contributed by atoms with E-state index in [1.165, 1.54) is 0 Å². The molecule has 0 saturated carbocycles. The summed E-state index contributed by atoms with van der Waals surface area (Å²) < 4.78 is 46.3. The second-order valence-corrected chi connectivity index (χ2v) is 10.2. The highest BCUT2D eigenvalue weighted by Crippen LogP contribution is 2.36. The van der Waals surface area contributed by atoms with Gasteiger partial charge in [0.2, 0.25) is 5.95 Å². The van der Waals surface area contributed by atoms with Crippen LogP contribution in [0.3, 0.4) is 0 Å². The molecule has 1 aromatic heterocycles. The van der Waals surface area contributed by atoms with Crippen molar-refractivity contribution in [1.82, 2.24) is 15.3 Å². The Balaban J connectivity index is 1.51. The molecule has 2 aliphatic rings. The Morgan fingerprint density at radius 1 is 1.26 bits per heavy atom. The van der Waals surface area contributed by atoms with E-state index in [-0.39, 0.29) is 22.3 Å². The molecule has 35 heavy (non-hydrogen) atoms. The fourth-order valence-electron chi connectivity index (χ4n) is 4.74. The number of hydrogen-bond acceptors (Lipinski definition) is 5. The van der Waals surface area contributed by atoms with Gasteiger partial charge in [-0.3, -0.25) is 0 Å². The fraction of sp³-hybridized carbons (Fsp3) is 0.542. The molecule has 0 amide bonds. The Labute approximate surface area is 213 Å². The van der Waals surface area contributed by atoms with E-state index in [2.05, 4.69) is 27.5 Å². The zero-order chi connectivity index (χ0) is 25.1. The summed E-state index contributed by atoms with van der Waals surface area (Å²) in [7, 11) is 0. The number of hydrogen-bond donors (Lipinski definition) is 2. The number of piperidine rings is 1. The van der Waals surface area contributed by atoms with E-state index in [1.807, 2.05) is 29.2 Å². The van der Waals surface area contributed by atoms with E-state index in [4.69, 9.17) is 28.6 Å². The molecule has 11 heteroatoms. The second-order valence-electron chi connectivity index (χ2n) is 9.34. The van der Waals surface area contributed by atoms with Gasteiger partial charge in [0.25, 0.3) is 0 Å². The second kappa shape index (κ2) is 10.8. The van der Waals surface area contributed by atoms with Gasteiger partial charge in [-0.15, -0.1) is 0 Å². The van der Waals surface area contributed by atoms with Crippen LogP contribution in [-0.4, -0.2) is 47.9 Å². The van der Waals surface area contributed by atoms with Crippen LogP contribution in [0.15, 0.2) is 30.3 Å². The monoisotopic (exact) mass is 527 g/mol. The predicted octanol–water partition coefficient (Wildman–Crippen LogP) is 5.42. The van der Waals surface area contributed by atoms with Crippen LogP contribution in [0.25, 0.3) is 0 Å². The van der Waals surface area contributed by atoms with Crippen LogP contribution in [0.1, 0.15) is 43.9 Å². The lowest BCUT2D eigenvalue weighted by Gasteiger charge is -2.38. The molecule has 190 valence electrons. The Bertz CT molecular complexity index is 1050. The predicted molar refractivity (Wildman–Crippen MR) is 135 cm³/mol. The van der Waals surface area contributed by atoms with Gasteiger partial charge < -0.3 is 20.3 Å². The van der Waals surface area contributed by atoms with E-state index in [1.54, 1.807) is 0 Å². The summed E-state index contributed by atoms with van der Waals surface area (Å²) in [6.07, 6.45) is -1.11. The van der Waals surface area contributed by atoms with Crippen molar-refractivity contribution < 1.29 is 17.9 Å². The lowest BCUT2D eigenvalue weighted by atomic mass is 9.74. The van der Waals surface area contributed by atoms with Crippen LogP contribution in [0.4, 0.5) is 24.9 Å². The summed E-state index contributed by atoms with van der Waals surface area (Å²) in [6.45, 7) is 5.07. The third kappa shape index (κ3) is 6.54. The highest BCUT2D eigenvalue weighted by Gasteiger charge is 2.36. The summed E-state index contributed by atoms with van der Waals surface area (Å²) in [5.74, 6) is 0.465. The first-order valence-electron chi connectivity index (χ1n) is 11.7. The lowest BCUT2D eigenvalue weighted by molar-refractivity contribution is -0.141. The first-order chi connectivity index (χ1) is 16.6. The van der Waals surface area contributed by atoms with Crippen molar-refractivity contribution in [3.63, 3.8) is 0 Å². The molecule has 2 N–H and O–H groups in total. The summed E-state index contributed by atoms with van der Waals surface area (Å²) in [5, 5.41) is 6.76. The number of aromatic nitrogens is 2. The zero-order valence-electron chi connectivity index (χ0n) is 19.5. The topological polar surface area (TPSA) is 62.3 Å². The fourth-order valence-corrected chi connectivity index (χ4v) is 5.09. The first-order valence-corrected chi connectivity index (χ1v) is 12.5. The minimum Gasteiger partial charge on any atom is -0.381 e. The Hall–Kier alpha value is -2.17. The summed E-state index contributed by atoms with van der Waals surface area (Å²) in [6, 6.07) is 8.70. The van der Waals surface area contributed by atoms with Crippen molar-refractivity contribution in [2.24, 2.45) is 5.92 Å². The van der Waals surface area contributed by atoms with Crippen LogP contribution in [0, 0.1) is 5.92 Å². The number of rotatable bonds is 5. The number of nitrogens with zero attached hydrogens (tertiary/aromatic N) is 3. The summed E-state index contributed by atoms with van der Waals surface area (Å²) in [5.41, 5.74) is -0.190. The number of anilines is 2. The molecule has 0 bridgehead atoms. The minimum absolute atomic E-state index is 0.162. The average Bonchev–Trinajstić information content (AvgIpc) is 2.83. The quantitative estimate of drug-likeness (QED) is 0.503. The lowest BCUT2D eigenvalue weighted by Crippen LogP contribution is -2.45. The molecule has 4 rings (SSSR count). The van der Waals surface area contributed by atoms with Gasteiger partial charge in [-0.05, 0) is 61.5 Å². The number of thiocarbonyl (C=S) groups is 1. The molecular weight excluding hydrogens is 499 g/mol. The molecular formula is C24H29ClF3N5OS. The van der Waals surface area contributed by atoms with E-state index >= 15 is 0 Å². The van der Waals surface area contributed by atoms with Crippen molar-refractivity contribution in [3.05, 3.63) is 46.6 Å². The van der Waals surface area contributed by atoms with Gasteiger partial charge in [0, 0.05) is 49.4 Å². The van der Waals surface area contributed by atoms with Crippen LogP contribution >= 0.6 is 23.8 Å². The summed E-state index contributed by atoms with van der Waals surface area (Å²) >= 11 is 11.7. The van der Waals surface area contributed by atoms with Gasteiger partial charge in [-0.25, -0.2) is 4.98 Å². The third-order valence-electron chi connectivity index (χ3n) is 6.68. The molecule has 6 nitrogen and oxygen atoms in total. The smallest absolute Gasteiger partial charge is 0.381 e. The molecule has 1 aromatic carbocycles. The molecule has 2 aromatic rings. The van der Waals surface area contributed by atoms with Gasteiger partial charge in [-0.2, -0.15) is 18.2 Å². The standard InChI is InChI=1S/C24H29ClF3N5OS/c1-16-4-3-9-33(14-16)20-13-19(24(26,27)28)30-21(31-20)32-22(35)29-15-23(7-10-34-11-8-23)17-5-2-6-18(25)12-17/h2,5-6,12-13,16H,3-4,7-11,14-15H2,1H3,(H2,29,30,31,32,35)/t16-/m1/s1. The Kier molecular flexibility index (Phi) is 8.02. The van der Waals surface area contributed by atoms with Crippen molar-refractivity contribution in [2.45, 2.75) is 44.2 Å². The average molecular weight is 528 g/mol. The van der Waals surface area contributed by atoms with Crippen LogP contribution < -0.4 is 15.5 Å². The highest BCUT2D eigenvalue weighted by molar-refractivity contribution is 7.80. The van der Waals surface area contributed by atoms with Crippen molar-refractivity contribution in [1.29, 1.82) is 0 Å². The Morgan fingerprint density at radius 3 is 2.71 bits per heavy atom. The van der Waals surface area contributed by atoms with E-state index in [9.17, 15) is 13.2 Å². The van der Waals surface area contributed by atoms with Crippen molar-refractivity contribution >= 4 is 40.7 Å². The van der Waals surface area contributed by atoms with E-state index < -0.39 is 11.9 Å². The maximum Gasteiger partial charge on any atom is 0.433 e. The number of nitrogens with one attached hydrogen (secondary N) is 2. The Morgan fingerprint density at radius 2 is 2.03 bits per heavy atom. The van der Waals surface area contributed by atoms with Gasteiger partial charge in [-0.1, -0.05) is 30.7 Å². The largest absolute Gasteiger partial charge is 0.433 e. The number of ether oxygens (including phenoxy) is 1. The van der Waals surface area contributed by atoms with Crippen molar-refractivity contribution in [3.8, 4) is 0 Å². The highest BCUT2D eigenvalue weighted by atomic mass is 35.5. The van der Waals surface area contributed by atoms with E-state index in [0.29, 0.717) is 43.8 Å². The van der Waals surface area contributed by atoms with Gasteiger partial charge >= 0.3 is 6.18 Å². The third-order valence-corrected chi connectivity index (χ3v) is 7.17. The van der Waals surface area contributed by atoms with Crippen LogP contribution in [-0.2, 0) is 16.3 Å². The molecule has 0 unspecified atom stereocenters. The molecule has 2 aliphatic heterocycles. The molecule has 1 atom stereocenters. The summed E-state index contributed by atoms with van der Waals surface area (Å²) in [4.78, 5) is 9.95. The zero-order valence-corrected chi connectivity index (χ0v) is 21.1. The molecule has 0 spiro atoms. The van der Waals surface area contributed by atoms with Gasteiger partial charge in [0.05, 0.1) is 0 Å². The van der Waals surface area contributed by atoms with E-state index in [0.717, 1.165) is 37.3 Å². The number of benzene rings is 1. The molecule has 2 saturated heterocycles. The number of halogens is 4. The molecule has 0 aliphatic carbocycles. The van der Waals surface area contributed by atoms with Crippen LogP contribution in [0.2, 0.25) is 5.02 Å². The van der Waals surface area contributed by atoms with Gasteiger partial charge in [0.15, 0.2) is 10.8 Å². The molecule has 3 heterocycles.